The number of nitrogens with two attached hydrogens (primary N) is 1. The van der Waals surface area contributed by atoms with E-state index >= 15 is 0 Å². The van der Waals surface area contributed by atoms with E-state index in [9.17, 15) is 0 Å². The van der Waals surface area contributed by atoms with Crippen molar-refractivity contribution in [2.24, 2.45) is 5.73 Å². The first-order valence-corrected chi connectivity index (χ1v) is 9.48. The lowest BCUT2D eigenvalue weighted by atomic mass is 10.1. The van der Waals surface area contributed by atoms with E-state index in [1.165, 1.54) is 29.5 Å². The molecule has 132 valence electrons. The highest BCUT2D eigenvalue weighted by atomic mass is 16.5. The summed E-state index contributed by atoms with van der Waals surface area (Å²) < 4.78 is 6.17. The molecule has 4 atom stereocenters. The molecule has 2 aliphatic carbocycles. The molecular formula is C22H28N2O. The van der Waals surface area contributed by atoms with Crippen molar-refractivity contribution >= 4 is 0 Å². The largest absolute Gasteiger partial charge is 0.489 e. The van der Waals surface area contributed by atoms with Crippen molar-refractivity contribution in [2.75, 3.05) is 0 Å². The minimum atomic E-state index is 0.387. The van der Waals surface area contributed by atoms with Crippen molar-refractivity contribution < 1.29 is 4.74 Å². The third kappa shape index (κ3) is 4.05. The molecule has 2 aliphatic rings. The first kappa shape index (κ1) is 16.6. The van der Waals surface area contributed by atoms with Gasteiger partial charge in [-0.15, -0.1) is 0 Å². The SMILES string of the molecule is Cc1ccc(OCc2ccccc2)c(C2CC2NC2CCC(N)C2)c1. The molecule has 0 aromatic heterocycles. The molecule has 0 amide bonds. The molecule has 2 saturated carbocycles. The number of benzene rings is 2. The fourth-order valence-corrected chi connectivity index (χ4v) is 4.02. The van der Waals surface area contributed by atoms with E-state index in [0.717, 1.165) is 18.6 Å². The number of hydrogen-bond acceptors (Lipinski definition) is 3. The lowest BCUT2D eigenvalue weighted by Crippen LogP contribution is -2.31. The van der Waals surface area contributed by atoms with Gasteiger partial charge in [0.1, 0.15) is 12.4 Å². The van der Waals surface area contributed by atoms with Gasteiger partial charge in [0, 0.05) is 24.0 Å². The maximum absolute atomic E-state index is 6.17. The summed E-state index contributed by atoms with van der Waals surface area (Å²) in [7, 11) is 0. The maximum atomic E-state index is 6.17. The molecule has 0 heterocycles. The van der Waals surface area contributed by atoms with E-state index in [1.54, 1.807) is 0 Å². The van der Waals surface area contributed by atoms with Crippen LogP contribution in [-0.4, -0.2) is 18.1 Å². The van der Waals surface area contributed by atoms with Gasteiger partial charge in [0.25, 0.3) is 0 Å². The average Bonchev–Trinajstić information content (AvgIpc) is 3.26. The van der Waals surface area contributed by atoms with Gasteiger partial charge < -0.3 is 15.8 Å². The topological polar surface area (TPSA) is 47.3 Å². The van der Waals surface area contributed by atoms with Crippen molar-refractivity contribution in [3.8, 4) is 5.75 Å². The second kappa shape index (κ2) is 7.19. The lowest BCUT2D eigenvalue weighted by Gasteiger charge is -2.15. The summed E-state index contributed by atoms with van der Waals surface area (Å²) in [6, 6.07) is 18.5. The Hall–Kier alpha value is -1.84. The Bertz CT molecular complexity index is 715. The van der Waals surface area contributed by atoms with Crippen molar-refractivity contribution in [3.63, 3.8) is 0 Å². The minimum Gasteiger partial charge on any atom is -0.489 e. The number of nitrogens with one attached hydrogen (secondary N) is 1. The van der Waals surface area contributed by atoms with Gasteiger partial charge in [0.2, 0.25) is 0 Å². The summed E-state index contributed by atoms with van der Waals surface area (Å²) >= 11 is 0. The molecule has 4 unspecified atom stereocenters. The quantitative estimate of drug-likeness (QED) is 0.841. The molecule has 2 fully saturated rings. The van der Waals surface area contributed by atoms with E-state index in [4.69, 9.17) is 10.5 Å². The molecule has 0 saturated heterocycles. The smallest absolute Gasteiger partial charge is 0.123 e. The molecule has 0 radical (unpaired) electrons. The normalized spacial score (nSPS) is 28.1. The summed E-state index contributed by atoms with van der Waals surface area (Å²) in [6.07, 6.45) is 4.70. The summed E-state index contributed by atoms with van der Waals surface area (Å²) in [4.78, 5) is 0. The Morgan fingerprint density at radius 1 is 1.08 bits per heavy atom. The van der Waals surface area contributed by atoms with Crippen molar-refractivity contribution in [1.29, 1.82) is 0 Å². The van der Waals surface area contributed by atoms with Crippen LogP contribution in [0.5, 0.6) is 5.75 Å². The molecule has 0 spiro atoms. The predicted octanol–water partition coefficient (Wildman–Crippen LogP) is 3.90. The molecule has 25 heavy (non-hydrogen) atoms. The zero-order chi connectivity index (χ0) is 17.2. The fourth-order valence-electron chi connectivity index (χ4n) is 4.02. The summed E-state index contributed by atoms with van der Waals surface area (Å²) in [6.45, 7) is 2.78. The Morgan fingerprint density at radius 3 is 2.68 bits per heavy atom. The number of hydrogen-bond donors (Lipinski definition) is 2. The van der Waals surface area contributed by atoms with Crippen LogP contribution in [0.3, 0.4) is 0 Å². The van der Waals surface area contributed by atoms with Crippen LogP contribution in [0.4, 0.5) is 0 Å². The van der Waals surface area contributed by atoms with Crippen LogP contribution in [-0.2, 0) is 6.61 Å². The van der Waals surface area contributed by atoms with Crippen LogP contribution in [0.1, 0.15) is 48.3 Å². The Balaban J connectivity index is 1.42. The second-order valence-electron chi connectivity index (χ2n) is 7.70. The lowest BCUT2D eigenvalue weighted by molar-refractivity contribution is 0.302. The Kier molecular flexibility index (Phi) is 4.78. The van der Waals surface area contributed by atoms with Gasteiger partial charge >= 0.3 is 0 Å². The van der Waals surface area contributed by atoms with E-state index < -0.39 is 0 Å². The van der Waals surface area contributed by atoms with E-state index in [-0.39, 0.29) is 0 Å². The Labute approximate surface area is 150 Å². The number of rotatable bonds is 6. The predicted molar refractivity (Wildman–Crippen MR) is 102 cm³/mol. The number of ether oxygens (including phenoxy) is 1. The first-order chi connectivity index (χ1) is 12.2. The molecule has 0 aliphatic heterocycles. The van der Waals surface area contributed by atoms with Crippen molar-refractivity contribution in [3.05, 3.63) is 65.2 Å². The van der Waals surface area contributed by atoms with Gasteiger partial charge in [0.05, 0.1) is 0 Å². The molecule has 3 N–H and O–H groups in total. The highest BCUT2D eigenvalue weighted by molar-refractivity contribution is 5.43. The van der Waals surface area contributed by atoms with Gasteiger partial charge in [-0.3, -0.25) is 0 Å². The highest BCUT2D eigenvalue weighted by Crippen LogP contribution is 2.46. The van der Waals surface area contributed by atoms with Crippen LogP contribution in [0.15, 0.2) is 48.5 Å². The van der Waals surface area contributed by atoms with Crippen molar-refractivity contribution in [2.45, 2.75) is 63.3 Å². The second-order valence-corrected chi connectivity index (χ2v) is 7.70. The molecule has 2 aromatic carbocycles. The van der Waals surface area contributed by atoms with Gasteiger partial charge in [-0.05, 0) is 49.8 Å². The van der Waals surface area contributed by atoms with Gasteiger partial charge in [-0.1, -0.05) is 48.0 Å². The van der Waals surface area contributed by atoms with Gasteiger partial charge in [-0.25, -0.2) is 0 Å². The zero-order valence-corrected chi connectivity index (χ0v) is 14.9. The van der Waals surface area contributed by atoms with E-state index in [1.807, 2.05) is 6.07 Å². The fraction of sp³-hybridized carbons (Fsp3) is 0.455. The van der Waals surface area contributed by atoms with E-state index in [0.29, 0.717) is 30.7 Å². The summed E-state index contributed by atoms with van der Waals surface area (Å²) in [5.41, 5.74) is 9.91. The standard InChI is InChI=1S/C22H28N2O/c1-15-7-10-22(25-14-16-5-3-2-4-6-16)20(11-15)19-13-21(19)24-18-9-8-17(23)12-18/h2-7,10-11,17-19,21,24H,8-9,12-14,23H2,1H3. The molecule has 0 bridgehead atoms. The highest BCUT2D eigenvalue weighted by Gasteiger charge is 2.42. The van der Waals surface area contributed by atoms with E-state index in [2.05, 4.69) is 54.7 Å². The minimum absolute atomic E-state index is 0.387. The van der Waals surface area contributed by atoms with Crippen molar-refractivity contribution in [1.82, 2.24) is 5.32 Å². The number of aryl methyl sites for hydroxylation is 1. The summed E-state index contributed by atoms with van der Waals surface area (Å²) in [5, 5.41) is 3.82. The van der Waals surface area contributed by atoms with Crippen LogP contribution < -0.4 is 15.8 Å². The Morgan fingerprint density at radius 2 is 1.92 bits per heavy atom. The zero-order valence-electron chi connectivity index (χ0n) is 14.9. The van der Waals surface area contributed by atoms with Crippen LogP contribution in [0.25, 0.3) is 0 Å². The molecule has 2 aromatic rings. The third-order valence-electron chi connectivity index (χ3n) is 5.52. The van der Waals surface area contributed by atoms with Gasteiger partial charge in [0.15, 0.2) is 0 Å². The monoisotopic (exact) mass is 336 g/mol. The maximum Gasteiger partial charge on any atom is 0.123 e. The molecule has 3 nitrogen and oxygen atoms in total. The first-order valence-electron chi connectivity index (χ1n) is 9.48. The van der Waals surface area contributed by atoms with Crippen LogP contribution in [0.2, 0.25) is 0 Å². The third-order valence-corrected chi connectivity index (χ3v) is 5.52. The molecule has 4 rings (SSSR count). The average molecular weight is 336 g/mol. The van der Waals surface area contributed by atoms with Crippen LogP contribution in [0, 0.1) is 6.92 Å². The molecular weight excluding hydrogens is 308 g/mol. The van der Waals surface area contributed by atoms with Crippen LogP contribution >= 0.6 is 0 Å². The molecule has 3 heteroatoms. The van der Waals surface area contributed by atoms with Gasteiger partial charge in [-0.2, -0.15) is 0 Å². The summed E-state index contributed by atoms with van der Waals surface area (Å²) in [5.74, 6) is 1.61.